The van der Waals surface area contributed by atoms with Crippen LogP contribution in [0.15, 0.2) is 40.1 Å². The van der Waals surface area contributed by atoms with Crippen LogP contribution in [0.3, 0.4) is 0 Å². The summed E-state index contributed by atoms with van der Waals surface area (Å²) in [6.45, 7) is 1.12. The van der Waals surface area contributed by atoms with E-state index >= 15 is 0 Å². The summed E-state index contributed by atoms with van der Waals surface area (Å²) in [5.74, 6) is 0.673. The summed E-state index contributed by atoms with van der Waals surface area (Å²) in [5, 5.41) is 7.55. The lowest BCUT2D eigenvalue weighted by molar-refractivity contribution is 0.747. The number of hydrogen-bond acceptors (Lipinski definition) is 2. The third kappa shape index (κ3) is 4.11. The Kier molecular flexibility index (Phi) is 5.56. The molecule has 0 aliphatic rings. The van der Waals surface area contributed by atoms with Gasteiger partial charge in [-0.15, -0.1) is 0 Å². The van der Waals surface area contributed by atoms with Crippen LogP contribution in [-0.4, -0.2) is 27.0 Å². The van der Waals surface area contributed by atoms with Crippen LogP contribution in [-0.2, 0) is 20.1 Å². The van der Waals surface area contributed by atoms with Gasteiger partial charge >= 0.3 is 0 Å². The number of hydrogen-bond donors (Lipinski definition) is 2. The van der Waals surface area contributed by atoms with E-state index in [4.69, 9.17) is 23.2 Å². The highest BCUT2D eigenvalue weighted by molar-refractivity contribution is 9.10. The molecule has 0 amide bonds. The minimum Gasteiger partial charge on any atom is -0.351 e. The molecule has 3 heterocycles. The third-order valence-corrected chi connectivity index (χ3v) is 5.09. The Morgan fingerprint density at radius 1 is 1.24 bits per heavy atom. The number of guanidine groups is 1. The SMILES string of the molecule is CN=C(NCc1cn2cc(Br)ccc2n1)NCc1cc(Cl)c(Cl)n1C. The minimum absolute atomic E-state index is 0.525. The number of imidazole rings is 1. The molecular weight excluding hydrogens is 427 g/mol. The van der Waals surface area contributed by atoms with Gasteiger partial charge in [-0.2, -0.15) is 0 Å². The zero-order chi connectivity index (χ0) is 18.0. The molecule has 25 heavy (non-hydrogen) atoms. The number of aliphatic imine (C=N–C) groups is 1. The number of nitrogens with zero attached hydrogens (tertiary/aromatic N) is 4. The smallest absolute Gasteiger partial charge is 0.191 e. The van der Waals surface area contributed by atoms with Crippen molar-refractivity contribution < 1.29 is 0 Å². The van der Waals surface area contributed by atoms with Gasteiger partial charge in [0.15, 0.2) is 5.96 Å². The van der Waals surface area contributed by atoms with Crippen molar-refractivity contribution in [1.82, 2.24) is 24.6 Å². The first-order chi connectivity index (χ1) is 12.0. The second-order valence-electron chi connectivity index (χ2n) is 5.46. The van der Waals surface area contributed by atoms with Crippen molar-refractivity contribution >= 4 is 50.7 Å². The summed E-state index contributed by atoms with van der Waals surface area (Å²) in [6.07, 6.45) is 3.96. The van der Waals surface area contributed by atoms with Gasteiger partial charge in [0, 0.05) is 36.7 Å². The summed E-state index contributed by atoms with van der Waals surface area (Å²) in [5.41, 5.74) is 2.79. The van der Waals surface area contributed by atoms with Crippen molar-refractivity contribution in [3.63, 3.8) is 0 Å². The van der Waals surface area contributed by atoms with Gasteiger partial charge in [-0.3, -0.25) is 4.99 Å². The molecule has 0 bridgehead atoms. The lowest BCUT2D eigenvalue weighted by atomic mass is 10.4. The molecular formula is C16H17BrCl2N6. The highest BCUT2D eigenvalue weighted by atomic mass is 79.9. The molecule has 132 valence electrons. The highest BCUT2D eigenvalue weighted by Crippen LogP contribution is 2.24. The number of pyridine rings is 1. The van der Waals surface area contributed by atoms with Crippen LogP contribution in [0, 0.1) is 0 Å². The van der Waals surface area contributed by atoms with Gasteiger partial charge in [0.25, 0.3) is 0 Å². The zero-order valence-corrected chi connectivity index (χ0v) is 16.8. The largest absolute Gasteiger partial charge is 0.351 e. The Hall–Kier alpha value is -1.70. The number of halogens is 3. The highest BCUT2D eigenvalue weighted by Gasteiger charge is 2.09. The van der Waals surface area contributed by atoms with E-state index < -0.39 is 0 Å². The fourth-order valence-corrected chi connectivity index (χ4v) is 3.20. The maximum atomic E-state index is 6.08. The monoisotopic (exact) mass is 442 g/mol. The van der Waals surface area contributed by atoms with Crippen LogP contribution in [0.2, 0.25) is 10.2 Å². The van der Waals surface area contributed by atoms with Crippen LogP contribution in [0.5, 0.6) is 0 Å². The Morgan fingerprint density at radius 2 is 2.00 bits per heavy atom. The average molecular weight is 444 g/mol. The standard InChI is InChI=1S/C16H17BrCl2N6/c1-20-16(22-7-12-5-13(18)15(19)24(12)2)21-6-11-9-25-8-10(17)3-4-14(25)23-11/h3-5,8-9H,6-7H2,1-2H3,(H2,20,21,22). The molecule has 0 saturated carbocycles. The molecule has 3 rings (SSSR count). The van der Waals surface area contributed by atoms with Gasteiger partial charge in [-0.05, 0) is 34.1 Å². The van der Waals surface area contributed by atoms with Crippen LogP contribution in [0.25, 0.3) is 5.65 Å². The molecule has 3 aromatic rings. The maximum absolute atomic E-state index is 6.08. The van der Waals surface area contributed by atoms with Crippen LogP contribution >= 0.6 is 39.1 Å². The molecule has 0 atom stereocenters. The normalized spacial score (nSPS) is 12.0. The molecule has 0 aliphatic carbocycles. The fourth-order valence-electron chi connectivity index (χ4n) is 2.43. The third-order valence-electron chi connectivity index (χ3n) is 3.78. The van der Waals surface area contributed by atoms with Gasteiger partial charge in [-0.1, -0.05) is 23.2 Å². The Balaban J connectivity index is 1.61. The second kappa shape index (κ2) is 7.68. The predicted molar refractivity (Wildman–Crippen MR) is 105 cm³/mol. The summed E-state index contributed by atoms with van der Waals surface area (Å²) in [6, 6.07) is 5.77. The van der Waals surface area contributed by atoms with E-state index in [0.29, 0.717) is 29.2 Å². The number of aromatic nitrogens is 3. The minimum atomic E-state index is 0.525. The predicted octanol–water partition coefficient (Wildman–Crippen LogP) is 3.61. The van der Waals surface area contributed by atoms with Gasteiger partial charge in [-0.25, -0.2) is 4.98 Å². The van der Waals surface area contributed by atoms with Crippen molar-refractivity contribution in [3.8, 4) is 0 Å². The van der Waals surface area contributed by atoms with Crippen molar-refractivity contribution in [2.45, 2.75) is 13.1 Å². The van der Waals surface area contributed by atoms with Gasteiger partial charge in [0.2, 0.25) is 0 Å². The van der Waals surface area contributed by atoms with E-state index in [-0.39, 0.29) is 0 Å². The van der Waals surface area contributed by atoms with Gasteiger partial charge in [0.1, 0.15) is 10.8 Å². The number of fused-ring (bicyclic) bond motifs is 1. The quantitative estimate of drug-likeness (QED) is 0.478. The number of rotatable bonds is 4. The van der Waals surface area contributed by atoms with Crippen molar-refractivity contribution in [2.75, 3.05) is 7.05 Å². The van der Waals surface area contributed by atoms with E-state index in [1.54, 1.807) is 7.05 Å². The second-order valence-corrected chi connectivity index (χ2v) is 7.14. The summed E-state index contributed by atoms with van der Waals surface area (Å²) in [7, 11) is 3.59. The van der Waals surface area contributed by atoms with Gasteiger partial charge in [0.05, 0.1) is 23.8 Å². The lowest BCUT2D eigenvalue weighted by Gasteiger charge is -2.11. The summed E-state index contributed by atoms with van der Waals surface area (Å²) in [4.78, 5) is 8.79. The topological polar surface area (TPSA) is 58.6 Å². The van der Waals surface area contributed by atoms with E-state index in [9.17, 15) is 0 Å². The summed E-state index contributed by atoms with van der Waals surface area (Å²) >= 11 is 15.6. The fraction of sp³-hybridized carbons (Fsp3) is 0.250. The molecule has 0 fully saturated rings. The molecule has 0 radical (unpaired) electrons. The van der Waals surface area contributed by atoms with Crippen molar-refractivity contribution in [3.05, 3.63) is 56.6 Å². The molecule has 0 saturated heterocycles. The molecule has 2 N–H and O–H groups in total. The lowest BCUT2D eigenvalue weighted by Crippen LogP contribution is -2.36. The molecule has 9 heteroatoms. The van der Waals surface area contributed by atoms with E-state index in [0.717, 1.165) is 21.5 Å². The Labute approximate surface area is 164 Å². The molecule has 6 nitrogen and oxygen atoms in total. The summed E-state index contributed by atoms with van der Waals surface area (Å²) < 4.78 is 4.82. The first-order valence-electron chi connectivity index (χ1n) is 7.55. The van der Waals surface area contributed by atoms with Crippen LogP contribution in [0.4, 0.5) is 0 Å². The molecule has 0 spiro atoms. The van der Waals surface area contributed by atoms with Crippen LogP contribution < -0.4 is 10.6 Å². The Bertz CT molecular complexity index is 930. The first-order valence-corrected chi connectivity index (χ1v) is 9.10. The first kappa shape index (κ1) is 18.1. The maximum Gasteiger partial charge on any atom is 0.191 e. The molecule has 0 aromatic carbocycles. The molecule has 0 aliphatic heterocycles. The Morgan fingerprint density at radius 3 is 2.68 bits per heavy atom. The average Bonchev–Trinajstić information content (AvgIpc) is 3.10. The van der Waals surface area contributed by atoms with E-state index in [2.05, 4.69) is 36.5 Å². The zero-order valence-electron chi connectivity index (χ0n) is 13.7. The van der Waals surface area contributed by atoms with Crippen LogP contribution in [0.1, 0.15) is 11.4 Å². The molecule has 0 unspecified atom stereocenters. The molecule has 3 aromatic heterocycles. The number of nitrogens with one attached hydrogen (secondary N) is 2. The van der Waals surface area contributed by atoms with Crippen molar-refractivity contribution in [2.24, 2.45) is 12.0 Å². The van der Waals surface area contributed by atoms with E-state index in [1.807, 2.05) is 46.6 Å². The van der Waals surface area contributed by atoms with E-state index in [1.165, 1.54) is 0 Å². The van der Waals surface area contributed by atoms with Crippen molar-refractivity contribution in [1.29, 1.82) is 0 Å². The van der Waals surface area contributed by atoms with Gasteiger partial charge < -0.3 is 19.6 Å².